The fourth-order valence-corrected chi connectivity index (χ4v) is 6.18. The van der Waals surface area contributed by atoms with E-state index in [-0.39, 0.29) is 0 Å². The number of hydrogen-bond acceptors (Lipinski definition) is 5. The molecule has 2 aromatic heterocycles. The quantitative estimate of drug-likeness (QED) is 0.428. The molecule has 2 aliphatic heterocycles. The number of nitrogens with zero attached hydrogens (tertiary/aromatic N) is 6. The van der Waals surface area contributed by atoms with E-state index in [0.29, 0.717) is 12.1 Å². The van der Waals surface area contributed by atoms with Crippen LogP contribution in [0, 0.1) is 0 Å². The van der Waals surface area contributed by atoms with Crippen molar-refractivity contribution in [3.05, 3.63) is 78.5 Å². The minimum atomic E-state index is 0.520. The summed E-state index contributed by atoms with van der Waals surface area (Å²) in [5.74, 6) is 0. The van der Waals surface area contributed by atoms with Crippen molar-refractivity contribution in [1.29, 1.82) is 0 Å². The Bertz CT molecular complexity index is 1240. The molecule has 0 bridgehead atoms. The molecule has 6 rings (SSSR count). The van der Waals surface area contributed by atoms with Gasteiger partial charge in [0.1, 0.15) is 12.7 Å². The van der Waals surface area contributed by atoms with Gasteiger partial charge in [0.2, 0.25) is 0 Å². The van der Waals surface area contributed by atoms with Crippen LogP contribution < -0.4 is 0 Å². The molecule has 4 heterocycles. The summed E-state index contributed by atoms with van der Waals surface area (Å²) in [6, 6.07) is 18.9. The highest BCUT2D eigenvalue weighted by molar-refractivity contribution is 5.85. The Balaban J connectivity index is 1.03. The summed E-state index contributed by atoms with van der Waals surface area (Å²) in [6.07, 6.45) is 10.5. The summed E-state index contributed by atoms with van der Waals surface area (Å²) in [5, 5.41) is 9.19. The maximum atomic E-state index is 3.94. The summed E-state index contributed by atoms with van der Waals surface area (Å²) < 4.78 is 1.96. The lowest BCUT2D eigenvalue weighted by atomic mass is 9.95. The van der Waals surface area contributed by atoms with E-state index in [1.165, 1.54) is 74.0 Å². The number of piperidine rings is 1. The second-order valence-electron chi connectivity index (χ2n) is 10.5. The number of fused-ring (bicyclic) bond motifs is 1. The van der Waals surface area contributed by atoms with Gasteiger partial charge in [-0.15, -0.1) is 10.2 Å². The minimum absolute atomic E-state index is 0.520. The summed E-state index contributed by atoms with van der Waals surface area (Å²) in [6.45, 7) is 7.09. The van der Waals surface area contributed by atoms with Crippen LogP contribution in [0.5, 0.6) is 0 Å². The minimum Gasteiger partial charge on any atom is -0.361 e. The van der Waals surface area contributed by atoms with E-state index < -0.39 is 0 Å². The standard InChI is InChI=1S/C29H37N7/c1-33-16-17-36(29(20-33)23-6-3-2-4-7-23)25-11-14-34(15-12-25)13-5-8-24-19-30-28-10-9-26(18-27(24)28)35-21-31-32-22-35/h2-4,6-7,9-10,18-19,21-22,25,29-30H,5,8,11-17,20H2,1H3. The molecule has 1 unspecified atom stereocenters. The number of piperazine rings is 1. The van der Waals surface area contributed by atoms with Gasteiger partial charge in [-0.3, -0.25) is 9.47 Å². The van der Waals surface area contributed by atoms with Crippen molar-refractivity contribution in [2.75, 3.05) is 46.3 Å². The van der Waals surface area contributed by atoms with Crippen molar-refractivity contribution >= 4 is 10.9 Å². The van der Waals surface area contributed by atoms with E-state index in [1.54, 1.807) is 12.7 Å². The predicted octanol–water partition coefficient (Wildman–Crippen LogP) is 4.13. The summed E-state index contributed by atoms with van der Waals surface area (Å²) >= 11 is 0. The molecule has 36 heavy (non-hydrogen) atoms. The molecule has 1 atom stereocenters. The number of nitrogens with one attached hydrogen (secondary N) is 1. The first-order valence-corrected chi connectivity index (χ1v) is 13.4. The number of aryl methyl sites for hydroxylation is 1. The highest BCUT2D eigenvalue weighted by atomic mass is 15.3. The molecule has 0 radical (unpaired) electrons. The van der Waals surface area contributed by atoms with Crippen molar-refractivity contribution in [2.45, 2.75) is 37.8 Å². The van der Waals surface area contributed by atoms with Crippen molar-refractivity contribution in [3.8, 4) is 5.69 Å². The molecule has 7 heteroatoms. The Kier molecular flexibility index (Phi) is 6.86. The molecule has 2 aromatic carbocycles. The third-order valence-electron chi connectivity index (χ3n) is 8.22. The lowest BCUT2D eigenvalue weighted by Crippen LogP contribution is -2.53. The molecule has 2 fully saturated rings. The summed E-state index contributed by atoms with van der Waals surface area (Å²) in [7, 11) is 2.26. The summed E-state index contributed by atoms with van der Waals surface area (Å²) in [5.41, 5.74) is 5.17. The van der Waals surface area contributed by atoms with Gasteiger partial charge >= 0.3 is 0 Å². The van der Waals surface area contributed by atoms with Crippen molar-refractivity contribution < 1.29 is 0 Å². The number of aromatic amines is 1. The highest BCUT2D eigenvalue weighted by Gasteiger charge is 2.33. The number of rotatable bonds is 7. The SMILES string of the molecule is CN1CCN(C2CCN(CCCc3c[nH]c4ccc(-n5cnnc5)cc34)CC2)C(c2ccccc2)C1. The van der Waals surface area contributed by atoms with Crippen LogP contribution in [0.3, 0.4) is 0 Å². The second-order valence-corrected chi connectivity index (χ2v) is 10.5. The van der Waals surface area contributed by atoms with Crippen molar-refractivity contribution in [3.63, 3.8) is 0 Å². The Hall–Kier alpha value is -3.00. The third-order valence-corrected chi connectivity index (χ3v) is 8.22. The zero-order valence-corrected chi connectivity index (χ0v) is 21.3. The maximum Gasteiger partial charge on any atom is 0.123 e. The van der Waals surface area contributed by atoms with Crippen LogP contribution >= 0.6 is 0 Å². The molecule has 7 nitrogen and oxygen atoms in total. The first-order valence-electron chi connectivity index (χ1n) is 13.4. The molecule has 1 N–H and O–H groups in total. The fourth-order valence-electron chi connectivity index (χ4n) is 6.18. The lowest BCUT2D eigenvalue weighted by Gasteiger charge is -2.47. The van der Waals surface area contributed by atoms with Crippen LogP contribution in [0.15, 0.2) is 67.4 Å². The number of likely N-dealkylation sites (N-methyl/N-ethyl adjacent to an activating group) is 1. The van der Waals surface area contributed by atoms with Crippen LogP contribution in [0.25, 0.3) is 16.6 Å². The van der Waals surface area contributed by atoms with Gasteiger partial charge < -0.3 is 14.8 Å². The predicted molar refractivity (Wildman–Crippen MR) is 144 cm³/mol. The van der Waals surface area contributed by atoms with Gasteiger partial charge in [0.05, 0.1) is 0 Å². The first kappa shape index (κ1) is 23.4. The molecule has 0 amide bonds. The summed E-state index contributed by atoms with van der Waals surface area (Å²) in [4.78, 5) is 11.4. The molecule has 188 valence electrons. The average molecular weight is 484 g/mol. The van der Waals surface area contributed by atoms with E-state index in [4.69, 9.17) is 0 Å². The van der Waals surface area contributed by atoms with Crippen LogP contribution in [0.1, 0.15) is 36.4 Å². The first-order chi connectivity index (χ1) is 17.7. The molecule has 4 aromatic rings. The number of aromatic nitrogens is 4. The molecular formula is C29H37N7. The van der Waals surface area contributed by atoms with E-state index in [0.717, 1.165) is 18.7 Å². The van der Waals surface area contributed by atoms with Gasteiger partial charge in [0, 0.05) is 54.5 Å². The third kappa shape index (κ3) is 4.96. The maximum absolute atomic E-state index is 3.94. The molecule has 0 spiro atoms. The zero-order chi connectivity index (χ0) is 24.3. The number of H-pyrrole nitrogens is 1. The van der Waals surface area contributed by atoms with E-state index in [1.807, 2.05) is 4.57 Å². The van der Waals surface area contributed by atoms with Crippen molar-refractivity contribution in [2.24, 2.45) is 0 Å². The molecule has 0 saturated carbocycles. The fraction of sp³-hybridized carbons (Fsp3) is 0.448. The Labute approximate surface area is 213 Å². The van der Waals surface area contributed by atoms with Crippen LogP contribution in [-0.4, -0.2) is 86.8 Å². The smallest absolute Gasteiger partial charge is 0.123 e. The van der Waals surface area contributed by atoms with Gasteiger partial charge in [-0.25, -0.2) is 0 Å². The average Bonchev–Trinajstić information content (AvgIpc) is 3.60. The Morgan fingerprint density at radius 3 is 2.56 bits per heavy atom. The van der Waals surface area contributed by atoms with Gasteiger partial charge in [0.15, 0.2) is 0 Å². The van der Waals surface area contributed by atoms with Crippen LogP contribution in [0.2, 0.25) is 0 Å². The van der Waals surface area contributed by atoms with Gasteiger partial charge in [0.25, 0.3) is 0 Å². The monoisotopic (exact) mass is 483 g/mol. The van der Waals surface area contributed by atoms with Gasteiger partial charge in [-0.05, 0) is 81.7 Å². The normalized spacial score (nSPS) is 20.9. The largest absolute Gasteiger partial charge is 0.361 e. The van der Waals surface area contributed by atoms with Gasteiger partial charge in [-0.2, -0.15) is 0 Å². The molecule has 2 aliphatic rings. The van der Waals surface area contributed by atoms with Crippen LogP contribution in [-0.2, 0) is 6.42 Å². The van der Waals surface area contributed by atoms with E-state index in [2.05, 4.69) is 91.7 Å². The van der Waals surface area contributed by atoms with E-state index >= 15 is 0 Å². The Morgan fingerprint density at radius 2 is 1.75 bits per heavy atom. The zero-order valence-electron chi connectivity index (χ0n) is 21.3. The second kappa shape index (κ2) is 10.5. The number of hydrogen-bond donors (Lipinski definition) is 1. The molecule has 2 saturated heterocycles. The number of benzene rings is 2. The Morgan fingerprint density at radius 1 is 0.944 bits per heavy atom. The lowest BCUT2D eigenvalue weighted by molar-refractivity contribution is 0.0221. The number of likely N-dealkylation sites (tertiary alicyclic amines) is 1. The topological polar surface area (TPSA) is 56.2 Å². The van der Waals surface area contributed by atoms with Crippen LogP contribution in [0.4, 0.5) is 0 Å². The molecule has 0 aliphatic carbocycles. The molecular weight excluding hydrogens is 446 g/mol. The van der Waals surface area contributed by atoms with E-state index in [9.17, 15) is 0 Å². The van der Waals surface area contributed by atoms with Crippen molar-refractivity contribution in [1.82, 2.24) is 34.4 Å². The van der Waals surface area contributed by atoms with Gasteiger partial charge in [-0.1, -0.05) is 30.3 Å². The highest BCUT2D eigenvalue weighted by Crippen LogP contribution is 2.31.